The van der Waals surface area contributed by atoms with E-state index in [4.69, 9.17) is 14.6 Å². The molecule has 1 N–H and O–H groups in total. The van der Waals surface area contributed by atoms with E-state index in [-0.39, 0.29) is 12.0 Å². The number of hydrogen-bond donors (Lipinski definition) is 1. The van der Waals surface area contributed by atoms with Gasteiger partial charge in [-0.1, -0.05) is 12.1 Å². The van der Waals surface area contributed by atoms with Crippen molar-refractivity contribution in [2.75, 3.05) is 26.8 Å². The molecule has 1 saturated heterocycles. The largest absolute Gasteiger partial charge is 0.493 e. The Morgan fingerprint density at radius 1 is 1.38 bits per heavy atom. The van der Waals surface area contributed by atoms with Gasteiger partial charge in [0.2, 0.25) is 0 Å². The number of carboxylic acids is 1. The predicted octanol–water partition coefficient (Wildman–Crippen LogP) is 2.26. The number of piperidine rings is 1. The molecule has 1 heterocycles. The number of likely N-dealkylation sites (tertiary alicyclic amines) is 1. The molecule has 0 spiro atoms. The van der Waals surface area contributed by atoms with Gasteiger partial charge in [0.05, 0.1) is 13.0 Å². The highest BCUT2D eigenvalue weighted by atomic mass is 16.5. The highest BCUT2D eigenvalue weighted by molar-refractivity contribution is 5.70. The van der Waals surface area contributed by atoms with Crippen LogP contribution in [0.25, 0.3) is 0 Å². The molecule has 5 nitrogen and oxygen atoms in total. The van der Waals surface area contributed by atoms with E-state index in [2.05, 4.69) is 11.8 Å². The summed E-state index contributed by atoms with van der Waals surface area (Å²) in [5, 5.41) is 9.07. The van der Waals surface area contributed by atoms with E-state index >= 15 is 0 Å². The fourth-order valence-corrected chi connectivity index (χ4v) is 2.79. The Balaban J connectivity index is 1.80. The molecule has 0 aliphatic carbocycles. The summed E-state index contributed by atoms with van der Waals surface area (Å²) >= 11 is 0. The maximum atomic E-state index is 11.0. The van der Waals surface area contributed by atoms with Crippen LogP contribution in [0.1, 0.15) is 19.8 Å². The minimum Gasteiger partial charge on any atom is -0.493 e. The minimum absolute atomic E-state index is 0.202. The molecule has 2 unspecified atom stereocenters. The fraction of sp³-hybridized carbons (Fsp3) is 0.562. The van der Waals surface area contributed by atoms with Crippen LogP contribution in [0.15, 0.2) is 24.3 Å². The number of carbonyl (C=O) groups is 1. The Hall–Kier alpha value is -1.75. The van der Waals surface area contributed by atoms with Crippen LogP contribution in [0, 0.1) is 5.92 Å². The number of aliphatic carboxylic acids is 1. The summed E-state index contributed by atoms with van der Waals surface area (Å²) in [6.45, 7) is 4.26. The molecule has 5 heteroatoms. The standard InChI is InChI=1S/C16H23NO4/c1-12-11-13(16(18)19)7-8-17(12)9-10-21-15-6-4-3-5-14(15)20-2/h3-6,12-13H,7-11H2,1-2H3,(H,18,19). The number of rotatable bonds is 6. The van der Waals surface area contributed by atoms with Crippen LogP contribution in [0.2, 0.25) is 0 Å². The van der Waals surface area contributed by atoms with Crippen molar-refractivity contribution < 1.29 is 19.4 Å². The normalized spacial score (nSPS) is 22.8. The van der Waals surface area contributed by atoms with Gasteiger partial charge < -0.3 is 14.6 Å². The number of nitrogens with zero attached hydrogens (tertiary/aromatic N) is 1. The Labute approximate surface area is 125 Å². The summed E-state index contributed by atoms with van der Waals surface area (Å²) in [7, 11) is 1.63. The van der Waals surface area contributed by atoms with Crippen molar-refractivity contribution >= 4 is 5.97 Å². The maximum Gasteiger partial charge on any atom is 0.306 e. The summed E-state index contributed by atoms with van der Waals surface area (Å²) in [5.74, 6) is 0.598. The van der Waals surface area contributed by atoms with Crippen molar-refractivity contribution in [1.82, 2.24) is 4.90 Å². The summed E-state index contributed by atoms with van der Waals surface area (Å²) in [5.41, 5.74) is 0. The van der Waals surface area contributed by atoms with Crippen LogP contribution in [-0.2, 0) is 4.79 Å². The van der Waals surface area contributed by atoms with E-state index in [0.717, 1.165) is 24.6 Å². The number of ether oxygens (including phenoxy) is 2. The number of carboxylic acid groups (broad SMARTS) is 1. The van der Waals surface area contributed by atoms with Gasteiger partial charge in [-0.2, -0.15) is 0 Å². The molecule has 2 rings (SSSR count). The molecular weight excluding hydrogens is 270 g/mol. The first-order chi connectivity index (χ1) is 10.1. The van der Waals surface area contributed by atoms with Gasteiger partial charge in [-0.25, -0.2) is 0 Å². The van der Waals surface area contributed by atoms with Crippen molar-refractivity contribution in [3.05, 3.63) is 24.3 Å². The lowest BCUT2D eigenvalue weighted by Crippen LogP contribution is -2.44. The molecule has 116 valence electrons. The molecule has 21 heavy (non-hydrogen) atoms. The molecule has 1 fully saturated rings. The smallest absolute Gasteiger partial charge is 0.306 e. The van der Waals surface area contributed by atoms with Crippen LogP contribution < -0.4 is 9.47 Å². The number of para-hydroxylation sites is 2. The summed E-state index contributed by atoms with van der Waals surface area (Å²) in [4.78, 5) is 13.3. The van der Waals surface area contributed by atoms with E-state index < -0.39 is 5.97 Å². The average molecular weight is 293 g/mol. The van der Waals surface area contributed by atoms with E-state index in [0.29, 0.717) is 19.4 Å². The van der Waals surface area contributed by atoms with Crippen molar-refractivity contribution in [3.8, 4) is 11.5 Å². The lowest BCUT2D eigenvalue weighted by Gasteiger charge is -2.36. The van der Waals surface area contributed by atoms with Crippen LogP contribution in [-0.4, -0.2) is 48.8 Å². The first kappa shape index (κ1) is 15.6. The minimum atomic E-state index is -0.674. The highest BCUT2D eigenvalue weighted by Gasteiger charge is 2.29. The molecule has 1 aromatic rings. The van der Waals surface area contributed by atoms with Crippen LogP contribution in [0.4, 0.5) is 0 Å². The molecule has 1 aliphatic rings. The second-order valence-corrected chi connectivity index (χ2v) is 5.44. The molecule has 2 atom stereocenters. The van der Waals surface area contributed by atoms with E-state index in [1.54, 1.807) is 7.11 Å². The quantitative estimate of drug-likeness (QED) is 0.872. The third-order valence-corrected chi connectivity index (χ3v) is 4.07. The Morgan fingerprint density at radius 3 is 2.71 bits per heavy atom. The lowest BCUT2D eigenvalue weighted by molar-refractivity contribution is -0.144. The predicted molar refractivity (Wildman–Crippen MR) is 79.9 cm³/mol. The third kappa shape index (κ3) is 4.11. The van der Waals surface area contributed by atoms with Crippen molar-refractivity contribution in [2.45, 2.75) is 25.8 Å². The number of hydrogen-bond acceptors (Lipinski definition) is 4. The fourth-order valence-electron chi connectivity index (χ4n) is 2.79. The van der Waals surface area contributed by atoms with Crippen molar-refractivity contribution in [1.29, 1.82) is 0 Å². The Kier molecular flexibility index (Phi) is 5.44. The van der Waals surface area contributed by atoms with Crippen LogP contribution >= 0.6 is 0 Å². The first-order valence-electron chi connectivity index (χ1n) is 7.34. The molecular formula is C16H23NO4. The van der Waals surface area contributed by atoms with Gasteiger partial charge in [0.25, 0.3) is 0 Å². The first-order valence-corrected chi connectivity index (χ1v) is 7.34. The third-order valence-electron chi connectivity index (χ3n) is 4.07. The van der Waals surface area contributed by atoms with Gasteiger partial charge >= 0.3 is 5.97 Å². The van der Waals surface area contributed by atoms with E-state index in [1.807, 2.05) is 24.3 Å². The zero-order chi connectivity index (χ0) is 15.2. The maximum absolute atomic E-state index is 11.0. The number of methoxy groups -OCH3 is 1. The Morgan fingerprint density at radius 2 is 2.10 bits per heavy atom. The average Bonchev–Trinajstić information content (AvgIpc) is 2.49. The van der Waals surface area contributed by atoms with E-state index in [1.165, 1.54) is 0 Å². The van der Waals surface area contributed by atoms with Crippen molar-refractivity contribution in [3.63, 3.8) is 0 Å². The molecule has 0 saturated carbocycles. The summed E-state index contributed by atoms with van der Waals surface area (Å²) < 4.78 is 11.0. The van der Waals surface area contributed by atoms with Gasteiger partial charge in [0.15, 0.2) is 11.5 Å². The lowest BCUT2D eigenvalue weighted by atomic mass is 9.92. The summed E-state index contributed by atoms with van der Waals surface area (Å²) in [6, 6.07) is 7.86. The molecule has 1 aliphatic heterocycles. The van der Waals surface area contributed by atoms with Gasteiger partial charge in [-0.15, -0.1) is 0 Å². The van der Waals surface area contributed by atoms with Crippen LogP contribution in [0.5, 0.6) is 11.5 Å². The molecule has 0 aromatic heterocycles. The van der Waals surface area contributed by atoms with E-state index in [9.17, 15) is 4.79 Å². The van der Waals surface area contributed by atoms with Gasteiger partial charge in [-0.3, -0.25) is 9.69 Å². The van der Waals surface area contributed by atoms with Gasteiger partial charge in [-0.05, 0) is 38.4 Å². The monoisotopic (exact) mass is 293 g/mol. The molecule has 1 aromatic carbocycles. The second kappa shape index (κ2) is 7.31. The number of benzene rings is 1. The van der Waals surface area contributed by atoms with Gasteiger partial charge in [0.1, 0.15) is 6.61 Å². The SMILES string of the molecule is COc1ccccc1OCCN1CCC(C(=O)O)CC1C. The molecule has 0 radical (unpaired) electrons. The zero-order valence-electron chi connectivity index (χ0n) is 12.6. The second-order valence-electron chi connectivity index (χ2n) is 5.44. The molecule has 0 bridgehead atoms. The molecule has 0 amide bonds. The van der Waals surface area contributed by atoms with Gasteiger partial charge in [0, 0.05) is 12.6 Å². The topological polar surface area (TPSA) is 59.0 Å². The highest BCUT2D eigenvalue weighted by Crippen LogP contribution is 2.26. The van der Waals surface area contributed by atoms with Crippen molar-refractivity contribution in [2.24, 2.45) is 5.92 Å². The van der Waals surface area contributed by atoms with Crippen LogP contribution in [0.3, 0.4) is 0 Å². The zero-order valence-corrected chi connectivity index (χ0v) is 12.6. The Bertz CT molecular complexity index is 477. The summed E-state index contributed by atoms with van der Waals surface area (Å²) in [6.07, 6.45) is 1.43.